The molecular weight excluding hydrogens is 144 g/mol. The molecule has 0 aromatic carbocycles. The number of carbonyl (C=O) groups is 1. The van der Waals surface area contributed by atoms with Crippen molar-refractivity contribution < 1.29 is 9.90 Å². The Bertz CT molecular complexity index is 162. The zero-order chi connectivity index (χ0) is 8.53. The zero-order valence-corrected chi connectivity index (χ0v) is 6.27. The number of aromatic nitrogens is 2. The number of hydrogen-bond acceptors (Lipinski definition) is 3. The number of aliphatic carboxylic acids is 1. The van der Waals surface area contributed by atoms with Gasteiger partial charge in [-0.25, -0.2) is 9.97 Å². The highest BCUT2D eigenvalue weighted by molar-refractivity contribution is 5.66. The Labute approximate surface area is 64.9 Å². The summed E-state index contributed by atoms with van der Waals surface area (Å²) in [5, 5.41) is 7.72. The van der Waals surface area contributed by atoms with Crippen molar-refractivity contribution in [2.45, 2.75) is 13.3 Å². The molecule has 1 N–H and O–H groups in total. The first-order valence-electron chi connectivity index (χ1n) is 3.19. The maximum absolute atomic E-state index is 9.37. The smallest absolute Gasteiger partial charge is 0.303 e. The Morgan fingerprint density at radius 3 is 2.00 bits per heavy atom. The molecule has 0 aliphatic carbocycles. The standard InChI is InChI=1S/C4H4N2.C3H6O2/c1-2-5-4-6-3-1;1-2-3(4)5/h1-4H;2H2,1H3,(H,4,5). The molecule has 0 aliphatic rings. The third-order valence-electron chi connectivity index (χ3n) is 0.780. The fraction of sp³-hybridized carbons (Fsp3) is 0.286. The maximum Gasteiger partial charge on any atom is 0.303 e. The predicted octanol–water partition coefficient (Wildman–Crippen LogP) is 0.958. The van der Waals surface area contributed by atoms with Gasteiger partial charge in [-0.2, -0.15) is 0 Å². The molecular formula is C7H10N2O2. The Morgan fingerprint density at radius 1 is 1.45 bits per heavy atom. The fourth-order valence-corrected chi connectivity index (χ4v) is 0.253. The third-order valence-corrected chi connectivity index (χ3v) is 0.780. The molecule has 11 heavy (non-hydrogen) atoms. The maximum atomic E-state index is 9.37. The molecule has 60 valence electrons. The summed E-state index contributed by atoms with van der Waals surface area (Å²) in [5.41, 5.74) is 0. The van der Waals surface area contributed by atoms with Crippen LogP contribution >= 0.6 is 0 Å². The van der Waals surface area contributed by atoms with Crippen molar-refractivity contribution in [2.24, 2.45) is 0 Å². The predicted molar refractivity (Wildman–Crippen MR) is 40.0 cm³/mol. The lowest BCUT2D eigenvalue weighted by Crippen LogP contribution is -1.86. The Balaban J connectivity index is 0.000000187. The highest BCUT2D eigenvalue weighted by Gasteiger charge is 1.80. The number of nitrogens with zero attached hydrogens (tertiary/aromatic N) is 2. The largest absolute Gasteiger partial charge is 0.481 e. The summed E-state index contributed by atoms with van der Waals surface area (Å²) in [7, 11) is 0. The first-order chi connectivity index (χ1) is 5.27. The van der Waals surface area contributed by atoms with Gasteiger partial charge < -0.3 is 5.11 Å². The minimum atomic E-state index is -0.745. The van der Waals surface area contributed by atoms with Gasteiger partial charge in [0.1, 0.15) is 6.33 Å². The van der Waals surface area contributed by atoms with Crippen LogP contribution in [-0.4, -0.2) is 21.0 Å². The van der Waals surface area contributed by atoms with Gasteiger partial charge in [-0.05, 0) is 6.07 Å². The average Bonchev–Trinajstić information content (AvgIpc) is 2.09. The minimum Gasteiger partial charge on any atom is -0.481 e. The highest BCUT2D eigenvalue weighted by Crippen LogP contribution is 1.67. The molecule has 0 saturated heterocycles. The van der Waals surface area contributed by atoms with Crippen molar-refractivity contribution in [3.8, 4) is 0 Å². The van der Waals surface area contributed by atoms with E-state index in [1.54, 1.807) is 25.4 Å². The van der Waals surface area contributed by atoms with Crippen molar-refractivity contribution in [3.63, 3.8) is 0 Å². The van der Waals surface area contributed by atoms with Crippen LogP contribution in [0.4, 0.5) is 0 Å². The summed E-state index contributed by atoms with van der Waals surface area (Å²) < 4.78 is 0. The van der Waals surface area contributed by atoms with Gasteiger partial charge in [0.25, 0.3) is 0 Å². The SMILES string of the molecule is CCC(=O)O.c1cncnc1. The van der Waals surface area contributed by atoms with Gasteiger partial charge in [0.05, 0.1) is 0 Å². The molecule has 0 aliphatic heterocycles. The molecule has 0 bridgehead atoms. The van der Waals surface area contributed by atoms with Crippen molar-refractivity contribution in [2.75, 3.05) is 0 Å². The molecule has 1 heterocycles. The normalized spacial score (nSPS) is 7.73. The van der Waals surface area contributed by atoms with Crippen LogP contribution in [0.25, 0.3) is 0 Å². The molecule has 0 unspecified atom stereocenters. The van der Waals surface area contributed by atoms with Gasteiger partial charge in [0.2, 0.25) is 0 Å². The lowest BCUT2D eigenvalue weighted by Gasteiger charge is -1.71. The lowest BCUT2D eigenvalue weighted by molar-refractivity contribution is -0.136. The summed E-state index contributed by atoms with van der Waals surface area (Å²) in [6.07, 6.45) is 5.10. The molecule has 4 nitrogen and oxygen atoms in total. The topological polar surface area (TPSA) is 63.1 Å². The molecule has 0 spiro atoms. The molecule has 0 radical (unpaired) electrons. The van der Waals surface area contributed by atoms with Crippen LogP contribution < -0.4 is 0 Å². The third kappa shape index (κ3) is 8.55. The van der Waals surface area contributed by atoms with Crippen LogP contribution in [0.1, 0.15) is 13.3 Å². The van der Waals surface area contributed by atoms with Crippen LogP contribution in [0.3, 0.4) is 0 Å². The van der Waals surface area contributed by atoms with Crippen LogP contribution in [0.5, 0.6) is 0 Å². The highest BCUT2D eigenvalue weighted by atomic mass is 16.4. The summed E-state index contributed by atoms with van der Waals surface area (Å²) in [4.78, 5) is 16.7. The summed E-state index contributed by atoms with van der Waals surface area (Å²) in [6.45, 7) is 1.60. The Kier molecular flexibility index (Phi) is 5.79. The monoisotopic (exact) mass is 154 g/mol. The molecule has 0 fully saturated rings. The summed E-state index contributed by atoms with van der Waals surface area (Å²) >= 11 is 0. The second-order valence-electron chi connectivity index (χ2n) is 1.65. The quantitative estimate of drug-likeness (QED) is 0.654. The molecule has 1 aromatic rings. The average molecular weight is 154 g/mol. The Morgan fingerprint density at radius 2 is 1.91 bits per heavy atom. The van der Waals surface area contributed by atoms with Crippen LogP contribution in [-0.2, 0) is 4.79 Å². The van der Waals surface area contributed by atoms with Crippen molar-refractivity contribution in [1.82, 2.24) is 9.97 Å². The first kappa shape index (κ1) is 9.55. The van der Waals surface area contributed by atoms with E-state index in [0.717, 1.165) is 0 Å². The van der Waals surface area contributed by atoms with Crippen molar-refractivity contribution in [1.29, 1.82) is 0 Å². The minimum absolute atomic E-state index is 0.222. The van der Waals surface area contributed by atoms with Gasteiger partial charge in [0, 0.05) is 18.8 Å². The van der Waals surface area contributed by atoms with E-state index in [0.29, 0.717) is 0 Å². The molecule has 0 amide bonds. The second kappa shape index (κ2) is 6.67. The van der Waals surface area contributed by atoms with Gasteiger partial charge in [0.15, 0.2) is 0 Å². The lowest BCUT2D eigenvalue weighted by atomic mass is 10.5. The van der Waals surface area contributed by atoms with E-state index >= 15 is 0 Å². The van der Waals surface area contributed by atoms with E-state index in [1.807, 2.05) is 0 Å². The van der Waals surface area contributed by atoms with E-state index in [9.17, 15) is 4.79 Å². The van der Waals surface area contributed by atoms with Crippen LogP contribution in [0.15, 0.2) is 24.8 Å². The number of carboxylic acid groups (broad SMARTS) is 1. The molecule has 1 aromatic heterocycles. The summed E-state index contributed by atoms with van der Waals surface area (Å²) in [5.74, 6) is -0.745. The number of hydrogen-bond donors (Lipinski definition) is 1. The van der Waals surface area contributed by atoms with Crippen molar-refractivity contribution in [3.05, 3.63) is 24.8 Å². The van der Waals surface area contributed by atoms with Crippen LogP contribution in [0, 0.1) is 0 Å². The molecule has 4 heteroatoms. The van der Waals surface area contributed by atoms with Gasteiger partial charge in [-0.3, -0.25) is 4.79 Å². The van der Waals surface area contributed by atoms with E-state index in [4.69, 9.17) is 5.11 Å². The van der Waals surface area contributed by atoms with E-state index < -0.39 is 5.97 Å². The first-order valence-corrected chi connectivity index (χ1v) is 3.19. The van der Waals surface area contributed by atoms with Gasteiger partial charge in [-0.1, -0.05) is 6.92 Å². The molecule has 0 saturated carbocycles. The van der Waals surface area contributed by atoms with Gasteiger partial charge in [-0.15, -0.1) is 0 Å². The number of rotatable bonds is 1. The molecule has 1 rings (SSSR count). The zero-order valence-electron chi connectivity index (χ0n) is 6.27. The second-order valence-corrected chi connectivity index (χ2v) is 1.65. The van der Waals surface area contributed by atoms with Crippen molar-refractivity contribution >= 4 is 5.97 Å². The van der Waals surface area contributed by atoms with E-state index in [-0.39, 0.29) is 6.42 Å². The van der Waals surface area contributed by atoms with E-state index in [1.165, 1.54) is 6.33 Å². The number of carboxylic acids is 1. The molecule has 0 atom stereocenters. The summed E-state index contributed by atoms with van der Waals surface area (Å²) in [6, 6.07) is 1.78. The van der Waals surface area contributed by atoms with E-state index in [2.05, 4.69) is 9.97 Å². The fourth-order valence-electron chi connectivity index (χ4n) is 0.253. The van der Waals surface area contributed by atoms with Gasteiger partial charge >= 0.3 is 5.97 Å². The van der Waals surface area contributed by atoms with Crippen LogP contribution in [0.2, 0.25) is 0 Å². The Hall–Kier alpha value is -1.45.